The first-order valence-corrected chi connectivity index (χ1v) is 13.0. The molecular formula is C14H20N4O12S3. The van der Waals surface area contributed by atoms with Gasteiger partial charge >= 0.3 is 6.09 Å². The van der Waals surface area contributed by atoms with Gasteiger partial charge in [-0.1, -0.05) is 0 Å². The first-order valence-electron chi connectivity index (χ1n) is 9.10. The number of ether oxygens (including phenoxy) is 1. The smallest absolute Gasteiger partial charge is 0.410 e. The van der Waals surface area contributed by atoms with Crippen molar-refractivity contribution in [3.05, 3.63) is 31.9 Å². The van der Waals surface area contributed by atoms with Gasteiger partial charge in [0, 0.05) is 12.1 Å². The molecule has 1 aliphatic heterocycles. The van der Waals surface area contributed by atoms with E-state index < -0.39 is 70.9 Å². The molecule has 2 rings (SSSR count). The third-order valence-electron chi connectivity index (χ3n) is 4.63. The van der Waals surface area contributed by atoms with Crippen LogP contribution in [0, 0.1) is 20.2 Å². The molecule has 0 spiro atoms. The fourth-order valence-corrected chi connectivity index (χ4v) is 7.50. The number of sulfonamides is 1. The Balaban J connectivity index is 2.30. The molecule has 3 atom stereocenters. The third-order valence-corrected chi connectivity index (χ3v) is 9.95. The van der Waals surface area contributed by atoms with E-state index in [1.807, 2.05) is 0 Å². The van der Waals surface area contributed by atoms with E-state index in [1.54, 1.807) is 6.92 Å². The number of hydrogen-bond donors (Lipinski definition) is 1. The Morgan fingerprint density at radius 3 is 2.48 bits per heavy atom. The Labute approximate surface area is 191 Å². The predicted octanol–water partition coefficient (Wildman–Crippen LogP) is 0.246. The van der Waals surface area contributed by atoms with Crippen molar-refractivity contribution in [2.45, 2.75) is 46.1 Å². The van der Waals surface area contributed by atoms with Crippen LogP contribution in [-0.2, 0) is 34.3 Å². The van der Waals surface area contributed by atoms with Crippen molar-refractivity contribution in [2.24, 2.45) is 5.14 Å². The Bertz CT molecular complexity index is 1130. The normalized spacial score (nSPS) is 20.2. The lowest BCUT2D eigenvalue weighted by atomic mass is 10.0. The lowest BCUT2D eigenvalue weighted by Gasteiger charge is -2.35. The van der Waals surface area contributed by atoms with Gasteiger partial charge in [-0.3, -0.25) is 0 Å². The number of amides is 1. The molecule has 1 aromatic heterocycles. The Kier molecular flexibility index (Phi) is 8.04. The Morgan fingerprint density at radius 1 is 1.33 bits per heavy atom. The van der Waals surface area contributed by atoms with E-state index in [0.717, 1.165) is 11.0 Å². The van der Waals surface area contributed by atoms with E-state index in [1.165, 1.54) is 6.92 Å². The molecule has 0 aliphatic carbocycles. The van der Waals surface area contributed by atoms with Gasteiger partial charge in [-0.15, -0.1) is 31.6 Å². The number of fused-ring (bicyclic) bond motifs is 1. The maximum absolute atomic E-state index is 12.7. The number of thiophene rings is 1. The van der Waals surface area contributed by atoms with Gasteiger partial charge in [0.15, 0.2) is 15.9 Å². The van der Waals surface area contributed by atoms with Crippen LogP contribution in [0.25, 0.3) is 0 Å². The largest absolute Gasteiger partial charge is 0.447 e. The van der Waals surface area contributed by atoms with Crippen LogP contribution in [0.4, 0.5) is 4.79 Å². The molecule has 2 unspecified atom stereocenters. The summed E-state index contributed by atoms with van der Waals surface area (Å²) in [6.07, 6.45) is -2.73. The minimum absolute atomic E-state index is 0.0115. The van der Waals surface area contributed by atoms with Crippen LogP contribution in [0.3, 0.4) is 0 Å². The van der Waals surface area contributed by atoms with Gasteiger partial charge < -0.3 is 19.3 Å². The van der Waals surface area contributed by atoms with Gasteiger partial charge in [0.25, 0.3) is 10.2 Å². The number of primary sulfonamides is 1. The molecular weight excluding hydrogens is 512 g/mol. The highest BCUT2D eigenvalue weighted by molar-refractivity contribution is 7.95. The van der Waals surface area contributed by atoms with Crippen molar-refractivity contribution in [3.8, 4) is 0 Å². The average Bonchev–Trinajstić information content (AvgIpc) is 3.15. The maximum atomic E-state index is 12.7. The molecule has 0 aromatic carbocycles. The van der Waals surface area contributed by atoms with Crippen LogP contribution >= 0.6 is 11.3 Å². The average molecular weight is 533 g/mol. The molecule has 0 saturated carbocycles. The zero-order valence-electron chi connectivity index (χ0n) is 17.2. The summed E-state index contributed by atoms with van der Waals surface area (Å²) >= 11 is 0.476. The van der Waals surface area contributed by atoms with E-state index in [0.29, 0.717) is 11.3 Å². The number of nitrogens with two attached hydrogens (primary N) is 1. The highest BCUT2D eigenvalue weighted by Gasteiger charge is 2.43. The molecule has 1 aliphatic rings. The zero-order valence-corrected chi connectivity index (χ0v) is 19.6. The molecule has 1 amide bonds. The van der Waals surface area contributed by atoms with E-state index in [2.05, 4.69) is 9.68 Å². The van der Waals surface area contributed by atoms with E-state index in [-0.39, 0.29) is 22.7 Å². The summed E-state index contributed by atoms with van der Waals surface area (Å²) in [6.45, 7) is 1.25. The molecule has 16 nitrogen and oxygen atoms in total. The lowest BCUT2D eigenvalue weighted by Crippen LogP contribution is -2.41. The molecule has 0 saturated heterocycles. The molecule has 186 valence electrons. The van der Waals surface area contributed by atoms with Crippen LogP contribution in [0.2, 0.25) is 0 Å². The van der Waals surface area contributed by atoms with Crippen LogP contribution in [0.15, 0.2) is 14.5 Å². The summed E-state index contributed by atoms with van der Waals surface area (Å²) in [5.74, 6) is 0. The van der Waals surface area contributed by atoms with Crippen LogP contribution < -0.4 is 5.14 Å². The summed E-state index contributed by atoms with van der Waals surface area (Å²) in [4.78, 5) is 42.8. The number of carbonyl (C=O) groups is 1. The number of hydrogen-bond acceptors (Lipinski definition) is 13. The van der Waals surface area contributed by atoms with Crippen molar-refractivity contribution in [1.82, 2.24) is 4.90 Å². The second kappa shape index (κ2) is 10.0. The SMILES string of the molecule is CCN(C(=O)OCC(CO[N+](=O)[O-])O[N+](=O)[O-])[C@H]1CC(C)S(=O)(=O)c2sc(S(N)(=O)=O)cc21. The van der Waals surface area contributed by atoms with Gasteiger partial charge in [-0.05, 0) is 26.3 Å². The second-order valence-corrected chi connectivity index (χ2v) is 12.2. The number of rotatable bonds is 10. The van der Waals surface area contributed by atoms with Crippen molar-refractivity contribution in [3.63, 3.8) is 0 Å². The minimum Gasteiger partial charge on any atom is -0.447 e. The molecule has 0 radical (unpaired) electrons. The quantitative estimate of drug-likeness (QED) is 0.316. The summed E-state index contributed by atoms with van der Waals surface area (Å²) in [6, 6.07) is 0.177. The van der Waals surface area contributed by atoms with Crippen molar-refractivity contribution < 1.29 is 46.2 Å². The van der Waals surface area contributed by atoms with Crippen molar-refractivity contribution in [1.29, 1.82) is 0 Å². The molecule has 1 aromatic rings. The Morgan fingerprint density at radius 2 is 1.97 bits per heavy atom. The summed E-state index contributed by atoms with van der Waals surface area (Å²) in [5.41, 5.74) is 0.0516. The van der Waals surface area contributed by atoms with Crippen LogP contribution in [0.5, 0.6) is 0 Å². The molecule has 2 N–H and O–H groups in total. The summed E-state index contributed by atoms with van der Waals surface area (Å²) in [5, 5.41) is 22.6. The fraction of sp³-hybridized carbons (Fsp3) is 0.643. The standard InChI is InChI=1S/C14H20N4O12S3/c1-3-16(14(19)28-6-9(30-18(22)23)7-29-17(20)21)11-4-8(2)32(24,25)13-10(11)5-12(31-13)33(15,26)27/h5,8-9,11H,3-4,6-7H2,1-2H3,(H2,15,26,27)/t8?,9?,11-/m0/s1. The van der Waals surface area contributed by atoms with Crippen molar-refractivity contribution in [2.75, 3.05) is 19.8 Å². The number of nitrogens with zero attached hydrogens (tertiary/aromatic N) is 3. The molecule has 19 heteroatoms. The maximum Gasteiger partial charge on any atom is 0.410 e. The Hall–Kier alpha value is -2.77. The van der Waals surface area contributed by atoms with Gasteiger partial charge in [-0.25, -0.2) is 26.8 Å². The summed E-state index contributed by atoms with van der Waals surface area (Å²) in [7, 11) is -8.09. The van der Waals surface area contributed by atoms with Gasteiger partial charge in [0.05, 0.1) is 11.3 Å². The minimum atomic E-state index is -4.22. The van der Waals surface area contributed by atoms with Crippen molar-refractivity contribution >= 4 is 37.3 Å². The molecule has 0 bridgehead atoms. The number of sulfone groups is 1. The first-order chi connectivity index (χ1) is 15.2. The van der Waals surface area contributed by atoms with Gasteiger partial charge in [0.2, 0.25) is 10.0 Å². The highest BCUT2D eigenvalue weighted by Crippen LogP contribution is 2.45. The molecule has 33 heavy (non-hydrogen) atoms. The topological polar surface area (TPSA) is 229 Å². The second-order valence-electron chi connectivity index (χ2n) is 6.79. The van der Waals surface area contributed by atoms with Crippen LogP contribution in [-0.4, -0.2) is 69.1 Å². The van der Waals surface area contributed by atoms with E-state index in [4.69, 9.17) is 9.88 Å². The van der Waals surface area contributed by atoms with Crippen LogP contribution in [0.1, 0.15) is 31.9 Å². The van der Waals surface area contributed by atoms with Gasteiger partial charge in [0.1, 0.15) is 21.6 Å². The number of carbonyl (C=O) groups excluding carboxylic acids is 1. The monoisotopic (exact) mass is 532 g/mol. The molecule has 2 heterocycles. The molecule has 0 fully saturated rings. The predicted molar refractivity (Wildman–Crippen MR) is 108 cm³/mol. The van der Waals surface area contributed by atoms with Gasteiger partial charge in [-0.2, -0.15) is 0 Å². The fourth-order valence-electron chi connectivity index (χ4n) is 3.10. The van der Waals surface area contributed by atoms with E-state index in [9.17, 15) is 41.9 Å². The summed E-state index contributed by atoms with van der Waals surface area (Å²) < 4.78 is 53.3. The lowest BCUT2D eigenvalue weighted by molar-refractivity contribution is -0.790. The zero-order chi connectivity index (χ0) is 25.1. The first kappa shape index (κ1) is 26.5. The van der Waals surface area contributed by atoms with E-state index >= 15 is 0 Å². The third kappa shape index (κ3) is 6.18. The highest BCUT2D eigenvalue weighted by atomic mass is 32.3.